The fourth-order valence-corrected chi connectivity index (χ4v) is 1.29. The first kappa shape index (κ1) is 12.5. The molecule has 0 unspecified atom stereocenters. The molecule has 0 saturated heterocycles. The largest absolute Gasteiger partial charge is 0.468 e. The van der Waals surface area contributed by atoms with Crippen molar-refractivity contribution in [1.82, 2.24) is 0 Å². The van der Waals surface area contributed by atoms with Crippen molar-refractivity contribution in [1.29, 1.82) is 0 Å². The van der Waals surface area contributed by atoms with E-state index in [0.717, 1.165) is 0 Å². The molecule has 0 bridgehead atoms. The Hall–Kier alpha value is -1.53. The maximum absolute atomic E-state index is 13.2. The van der Waals surface area contributed by atoms with E-state index in [4.69, 9.17) is 11.6 Å². The highest BCUT2D eigenvalue weighted by molar-refractivity contribution is 6.31. The van der Waals surface area contributed by atoms with Crippen molar-refractivity contribution >= 4 is 17.6 Å². The van der Waals surface area contributed by atoms with E-state index in [2.05, 4.69) is 16.6 Å². The van der Waals surface area contributed by atoms with Gasteiger partial charge in [0.25, 0.3) is 0 Å². The minimum atomic E-state index is -0.434. The van der Waals surface area contributed by atoms with Gasteiger partial charge < -0.3 is 4.74 Å². The number of methoxy groups -OCH3 is 1. The molecule has 1 rings (SSSR count). The normalized spacial score (nSPS) is 9.25. The molecule has 0 aliphatic carbocycles. The first-order chi connectivity index (χ1) is 7.54. The molecule has 0 amide bonds. The molecule has 0 atom stereocenters. The quantitative estimate of drug-likeness (QED) is 0.557. The third-order valence-corrected chi connectivity index (χ3v) is 2.24. The van der Waals surface area contributed by atoms with Crippen LogP contribution < -0.4 is 0 Å². The van der Waals surface area contributed by atoms with Gasteiger partial charge in [-0.25, -0.2) is 4.39 Å². The van der Waals surface area contributed by atoms with E-state index in [9.17, 15) is 9.18 Å². The van der Waals surface area contributed by atoms with Gasteiger partial charge in [-0.3, -0.25) is 4.79 Å². The maximum Gasteiger partial charge on any atom is 0.317 e. The first-order valence-electron chi connectivity index (χ1n) is 4.56. The van der Waals surface area contributed by atoms with Gasteiger partial charge in [0.05, 0.1) is 12.1 Å². The summed E-state index contributed by atoms with van der Waals surface area (Å²) < 4.78 is 17.6. The summed E-state index contributed by atoms with van der Waals surface area (Å²) in [4.78, 5) is 10.8. The van der Waals surface area contributed by atoms with E-state index in [1.54, 1.807) is 6.92 Å². The number of hydrogen-bond acceptors (Lipinski definition) is 2. The Morgan fingerprint density at radius 2 is 2.25 bits per heavy atom. The Labute approximate surface area is 98.4 Å². The Balaban J connectivity index is 2.89. The number of ether oxygens (including phenoxy) is 1. The highest BCUT2D eigenvalue weighted by Gasteiger charge is 2.03. The van der Waals surface area contributed by atoms with Crippen molar-refractivity contribution in [3.05, 3.63) is 34.1 Å². The predicted molar refractivity (Wildman–Crippen MR) is 59.7 cm³/mol. The van der Waals surface area contributed by atoms with Gasteiger partial charge in [0, 0.05) is 5.56 Å². The number of carbonyl (C=O) groups excluding carboxylic acids is 1. The lowest BCUT2D eigenvalue weighted by molar-refractivity contribution is -0.139. The van der Waals surface area contributed by atoms with Gasteiger partial charge in [-0.2, -0.15) is 0 Å². The van der Waals surface area contributed by atoms with Crippen molar-refractivity contribution < 1.29 is 13.9 Å². The van der Waals surface area contributed by atoms with Gasteiger partial charge in [-0.15, -0.1) is 0 Å². The molecular formula is C12H10ClFO2. The molecule has 4 heteroatoms. The van der Waals surface area contributed by atoms with Crippen molar-refractivity contribution in [3.63, 3.8) is 0 Å². The predicted octanol–water partition coefficient (Wildman–Crippen LogP) is 2.70. The van der Waals surface area contributed by atoms with Crippen LogP contribution in [0.1, 0.15) is 17.5 Å². The standard InChI is InChI=1S/C12H10ClFO2/c1-8-6-10(13)9(7-11(8)14)4-3-5-12(15)16-2/h6-7H,5H2,1-2H3. The smallest absolute Gasteiger partial charge is 0.317 e. The van der Waals surface area contributed by atoms with Crippen LogP contribution in [0, 0.1) is 24.6 Å². The van der Waals surface area contributed by atoms with Crippen LogP contribution in [0.3, 0.4) is 0 Å². The summed E-state index contributed by atoms with van der Waals surface area (Å²) in [5, 5.41) is 0.372. The van der Waals surface area contributed by atoms with E-state index >= 15 is 0 Å². The molecule has 16 heavy (non-hydrogen) atoms. The summed E-state index contributed by atoms with van der Waals surface area (Å²) in [6.45, 7) is 1.62. The van der Waals surface area contributed by atoms with E-state index < -0.39 is 5.97 Å². The Morgan fingerprint density at radius 1 is 1.56 bits per heavy atom. The SMILES string of the molecule is COC(=O)CC#Cc1cc(F)c(C)cc1Cl. The van der Waals surface area contributed by atoms with Gasteiger partial charge >= 0.3 is 5.97 Å². The van der Waals surface area contributed by atoms with Crippen LogP contribution in [-0.2, 0) is 9.53 Å². The molecule has 2 nitrogen and oxygen atoms in total. The highest BCUT2D eigenvalue weighted by Crippen LogP contribution is 2.19. The summed E-state index contributed by atoms with van der Waals surface area (Å²) in [5.74, 6) is 4.38. The molecule has 0 N–H and O–H groups in total. The average molecular weight is 241 g/mol. The zero-order chi connectivity index (χ0) is 12.1. The van der Waals surface area contributed by atoms with E-state index in [-0.39, 0.29) is 12.2 Å². The van der Waals surface area contributed by atoms with Crippen LogP contribution in [0.15, 0.2) is 12.1 Å². The molecular weight excluding hydrogens is 231 g/mol. The van der Waals surface area contributed by atoms with Crippen molar-refractivity contribution in [2.24, 2.45) is 0 Å². The number of halogens is 2. The third-order valence-electron chi connectivity index (χ3n) is 1.93. The third kappa shape index (κ3) is 3.25. The minimum Gasteiger partial charge on any atom is -0.468 e. The zero-order valence-electron chi connectivity index (χ0n) is 8.93. The molecule has 1 aromatic rings. The molecule has 0 heterocycles. The van der Waals surface area contributed by atoms with Crippen LogP contribution in [0.25, 0.3) is 0 Å². The van der Waals surface area contributed by atoms with Gasteiger partial charge in [-0.05, 0) is 24.6 Å². The van der Waals surface area contributed by atoms with Crippen molar-refractivity contribution in [2.45, 2.75) is 13.3 Å². The number of hydrogen-bond donors (Lipinski definition) is 0. The Bertz CT molecular complexity index is 472. The molecule has 84 valence electrons. The van der Waals surface area contributed by atoms with Crippen LogP contribution in [0.4, 0.5) is 4.39 Å². The molecule has 0 aliphatic heterocycles. The first-order valence-corrected chi connectivity index (χ1v) is 4.93. The lowest BCUT2D eigenvalue weighted by Crippen LogP contribution is -1.97. The molecule has 1 aromatic carbocycles. The molecule has 0 saturated carbocycles. The second kappa shape index (κ2) is 5.53. The lowest BCUT2D eigenvalue weighted by Gasteiger charge is -1.99. The van der Waals surface area contributed by atoms with Gasteiger partial charge in [0.1, 0.15) is 12.2 Å². The Morgan fingerprint density at radius 3 is 2.88 bits per heavy atom. The van der Waals surface area contributed by atoms with Crippen LogP contribution in [0.2, 0.25) is 5.02 Å². The zero-order valence-corrected chi connectivity index (χ0v) is 9.69. The van der Waals surface area contributed by atoms with Crippen LogP contribution >= 0.6 is 11.6 Å². The van der Waals surface area contributed by atoms with E-state index in [1.165, 1.54) is 19.2 Å². The molecule has 0 spiro atoms. The molecule has 0 fully saturated rings. The van der Waals surface area contributed by atoms with Crippen LogP contribution in [0.5, 0.6) is 0 Å². The molecule has 0 radical (unpaired) electrons. The average Bonchev–Trinajstić information content (AvgIpc) is 2.25. The van der Waals surface area contributed by atoms with Crippen molar-refractivity contribution in [3.8, 4) is 11.8 Å². The number of aryl methyl sites for hydroxylation is 1. The fourth-order valence-electron chi connectivity index (χ4n) is 1.03. The summed E-state index contributed by atoms with van der Waals surface area (Å²) in [6, 6.07) is 2.75. The monoisotopic (exact) mass is 240 g/mol. The number of carbonyl (C=O) groups is 1. The summed E-state index contributed by atoms with van der Waals surface area (Å²) in [7, 11) is 1.28. The highest BCUT2D eigenvalue weighted by atomic mass is 35.5. The summed E-state index contributed by atoms with van der Waals surface area (Å²) in [5.41, 5.74) is 0.831. The fraction of sp³-hybridized carbons (Fsp3) is 0.250. The van der Waals surface area contributed by atoms with Gasteiger partial charge in [0.15, 0.2) is 0 Å². The number of esters is 1. The lowest BCUT2D eigenvalue weighted by atomic mass is 10.1. The minimum absolute atomic E-state index is 0.0394. The van der Waals surface area contributed by atoms with Crippen LogP contribution in [-0.4, -0.2) is 13.1 Å². The maximum atomic E-state index is 13.2. The second-order valence-electron chi connectivity index (χ2n) is 3.14. The Kier molecular flexibility index (Phi) is 4.33. The van der Waals surface area contributed by atoms with Crippen molar-refractivity contribution in [2.75, 3.05) is 7.11 Å². The molecule has 0 aromatic heterocycles. The second-order valence-corrected chi connectivity index (χ2v) is 3.54. The van der Waals surface area contributed by atoms with E-state index in [0.29, 0.717) is 16.1 Å². The number of benzene rings is 1. The van der Waals surface area contributed by atoms with Gasteiger partial charge in [0.2, 0.25) is 0 Å². The van der Waals surface area contributed by atoms with Gasteiger partial charge in [-0.1, -0.05) is 23.4 Å². The molecule has 0 aliphatic rings. The summed E-state index contributed by atoms with van der Waals surface area (Å²) in [6.07, 6.45) is -0.0394. The topological polar surface area (TPSA) is 26.3 Å². The summed E-state index contributed by atoms with van der Waals surface area (Å²) >= 11 is 5.87. The number of rotatable bonds is 1. The van der Waals surface area contributed by atoms with E-state index in [1.807, 2.05) is 0 Å².